The lowest BCUT2D eigenvalue weighted by atomic mass is 9.64. The molecule has 1 saturated carbocycles. The van der Waals surface area contributed by atoms with Crippen molar-refractivity contribution in [1.29, 1.82) is 0 Å². The molecule has 2 bridgehead atoms. The first-order chi connectivity index (χ1) is 26.0. The number of hydrogen-bond acceptors (Lipinski definition) is 6. The molecule has 1 aromatic heterocycles. The molecule has 1 aliphatic heterocycles. The predicted octanol–water partition coefficient (Wildman–Crippen LogP) is 9.49. The molecule has 2 aromatic carbocycles. The smallest absolute Gasteiger partial charge is 0.416 e. The minimum absolute atomic E-state index is 0.00735. The van der Waals surface area contributed by atoms with Gasteiger partial charge >= 0.3 is 12.2 Å². The van der Waals surface area contributed by atoms with E-state index in [2.05, 4.69) is 18.3 Å². The zero-order valence-corrected chi connectivity index (χ0v) is 32.7. The second-order valence-corrected chi connectivity index (χ2v) is 16.7. The van der Waals surface area contributed by atoms with Crippen molar-refractivity contribution in [3.8, 4) is 11.3 Å². The summed E-state index contributed by atoms with van der Waals surface area (Å²) in [6.45, 7) is 8.95. The molecule has 5 atom stereocenters. The molecule has 3 aliphatic carbocycles. The molecule has 2 fully saturated rings. The number of carbonyl (C=O) groups is 2. The number of furan rings is 1. The number of amides is 2. The van der Waals surface area contributed by atoms with Gasteiger partial charge in [-0.15, -0.1) is 0 Å². The van der Waals surface area contributed by atoms with E-state index in [1.54, 1.807) is 11.0 Å². The normalized spacial score (nSPS) is 26.1. The molecule has 0 unspecified atom stereocenters. The molecule has 8 nitrogen and oxygen atoms in total. The van der Waals surface area contributed by atoms with E-state index in [1.165, 1.54) is 12.1 Å². The highest BCUT2D eigenvalue weighted by molar-refractivity contribution is 6.33. The van der Waals surface area contributed by atoms with Gasteiger partial charge < -0.3 is 29.6 Å². The van der Waals surface area contributed by atoms with E-state index < -0.39 is 34.6 Å². The quantitative estimate of drug-likeness (QED) is 0.155. The summed E-state index contributed by atoms with van der Waals surface area (Å²) >= 11 is 6.32. The van der Waals surface area contributed by atoms with E-state index in [9.17, 15) is 33.0 Å². The van der Waals surface area contributed by atoms with Gasteiger partial charge in [0, 0.05) is 35.7 Å². The van der Waals surface area contributed by atoms with Crippen LogP contribution in [0.25, 0.3) is 11.3 Å². The minimum Gasteiger partial charge on any atom is -0.453 e. The number of aliphatic hydroxyl groups excluding tert-OH is 1. The second kappa shape index (κ2) is 16.5. The van der Waals surface area contributed by atoms with Crippen LogP contribution >= 0.6 is 11.6 Å². The molecule has 3 aromatic rings. The van der Waals surface area contributed by atoms with Gasteiger partial charge in [-0.05, 0) is 132 Å². The van der Waals surface area contributed by atoms with Crippen molar-refractivity contribution >= 4 is 23.4 Å². The maximum Gasteiger partial charge on any atom is 0.416 e. The van der Waals surface area contributed by atoms with Crippen LogP contribution in [0.2, 0.25) is 5.02 Å². The Kier molecular flexibility index (Phi) is 12.3. The number of aliphatic hydroxyl groups is 2. The molecule has 2 amide bonds. The SMILES string of the molecule is CC1=CCC[C@@]2(C)[C@@H](CC[C@@]2(O)CN(C[C@H]2CCCO2)C(=O)NC(C)C)c2ccc(cc2C(=O)c2ccc(-c3cc(C(F)(F)F)ccc3Cl)o2)C[C@@H](O)CC1. The number of ether oxygens (including phenoxy) is 1. The lowest BCUT2D eigenvalue weighted by Gasteiger charge is -2.46. The highest BCUT2D eigenvalue weighted by atomic mass is 35.5. The molecule has 4 aliphatic rings. The number of nitrogens with zero attached hydrogens (tertiary/aromatic N) is 1. The number of benzene rings is 2. The Morgan fingerprint density at radius 3 is 2.56 bits per heavy atom. The molecular formula is C43H52ClF3N2O6. The van der Waals surface area contributed by atoms with Crippen LogP contribution in [0.1, 0.15) is 118 Å². The second-order valence-electron chi connectivity index (χ2n) is 16.3. The molecule has 7 rings (SSSR count). The van der Waals surface area contributed by atoms with E-state index in [-0.39, 0.29) is 52.7 Å². The third kappa shape index (κ3) is 9.01. The van der Waals surface area contributed by atoms with Gasteiger partial charge in [-0.2, -0.15) is 13.2 Å². The van der Waals surface area contributed by atoms with Crippen molar-refractivity contribution in [3.63, 3.8) is 0 Å². The molecular weight excluding hydrogens is 733 g/mol. The summed E-state index contributed by atoms with van der Waals surface area (Å²) in [6, 6.07) is 11.0. The average molecular weight is 785 g/mol. The van der Waals surface area contributed by atoms with E-state index in [4.69, 9.17) is 20.8 Å². The number of urea groups is 1. The molecule has 0 radical (unpaired) electrons. The number of carbonyl (C=O) groups excluding carboxylic acids is 2. The molecule has 298 valence electrons. The largest absolute Gasteiger partial charge is 0.453 e. The van der Waals surface area contributed by atoms with Gasteiger partial charge in [0.15, 0.2) is 5.76 Å². The summed E-state index contributed by atoms with van der Waals surface area (Å²) in [5, 5.41) is 26.9. The predicted molar refractivity (Wildman–Crippen MR) is 205 cm³/mol. The van der Waals surface area contributed by atoms with E-state index in [0.717, 1.165) is 42.2 Å². The van der Waals surface area contributed by atoms with Gasteiger partial charge in [0.1, 0.15) is 5.76 Å². The average Bonchev–Trinajstić information content (AvgIpc) is 3.87. The minimum atomic E-state index is -4.60. The van der Waals surface area contributed by atoms with E-state index in [0.29, 0.717) is 69.2 Å². The summed E-state index contributed by atoms with van der Waals surface area (Å²) in [5.74, 6) is -0.858. The number of alkyl halides is 3. The van der Waals surface area contributed by atoms with Crippen molar-refractivity contribution < 1.29 is 42.1 Å². The van der Waals surface area contributed by atoms with Gasteiger partial charge in [-0.1, -0.05) is 42.3 Å². The van der Waals surface area contributed by atoms with Crippen LogP contribution in [-0.4, -0.2) is 70.5 Å². The first-order valence-electron chi connectivity index (χ1n) is 19.3. The summed E-state index contributed by atoms with van der Waals surface area (Å²) in [6.07, 6.45) is 2.15. The Hall–Kier alpha value is -3.64. The molecule has 12 heteroatoms. The summed E-state index contributed by atoms with van der Waals surface area (Å²) < 4.78 is 52.7. The monoisotopic (exact) mass is 784 g/mol. The van der Waals surface area contributed by atoms with Crippen molar-refractivity contribution in [2.75, 3.05) is 19.7 Å². The molecule has 0 spiro atoms. The fourth-order valence-corrected chi connectivity index (χ4v) is 8.94. The first-order valence-corrected chi connectivity index (χ1v) is 19.7. The zero-order chi connectivity index (χ0) is 39.7. The highest BCUT2D eigenvalue weighted by Crippen LogP contribution is 2.59. The number of hydrogen-bond donors (Lipinski definition) is 3. The molecule has 55 heavy (non-hydrogen) atoms. The number of nitrogens with one attached hydrogen (secondary N) is 1. The fraction of sp³-hybridized carbons (Fsp3) is 0.535. The van der Waals surface area contributed by atoms with Crippen LogP contribution in [0.15, 0.2) is 64.6 Å². The van der Waals surface area contributed by atoms with Crippen LogP contribution in [0.4, 0.5) is 18.0 Å². The Bertz CT molecular complexity index is 1900. The van der Waals surface area contributed by atoms with Gasteiger partial charge in [0.2, 0.25) is 5.78 Å². The number of fused-ring (bicyclic) bond motifs is 8. The summed E-state index contributed by atoms with van der Waals surface area (Å²) in [4.78, 5) is 29.9. The van der Waals surface area contributed by atoms with Crippen molar-refractivity contribution in [2.45, 2.75) is 121 Å². The Morgan fingerprint density at radius 2 is 1.85 bits per heavy atom. The Balaban J connectivity index is 1.41. The van der Waals surface area contributed by atoms with Gasteiger partial charge in [-0.25, -0.2) is 4.79 Å². The molecule has 1 saturated heterocycles. The van der Waals surface area contributed by atoms with Gasteiger partial charge in [-0.3, -0.25) is 4.79 Å². The lowest BCUT2D eigenvalue weighted by molar-refractivity contribution is -0.137. The van der Waals surface area contributed by atoms with Gasteiger partial charge in [0.05, 0.1) is 34.9 Å². The van der Waals surface area contributed by atoms with Crippen molar-refractivity contribution in [3.05, 3.63) is 93.2 Å². The summed E-state index contributed by atoms with van der Waals surface area (Å²) in [7, 11) is 0. The number of rotatable bonds is 8. The number of halogens is 4. The van der Waals surface area contributed by atoms with E-state index in [1.807, 2.05) is 32.9 Å². The fourth-order valence-electron chi connectivity index (χ4n) is 8.73. The van der Waals surface area contributed by atoms with Crippen molar-refractivity contribution in [2.24, 2.45) is 5.41 Å². The molecule has 2 heterocycles. The van der Waals surface area contributed by atoms with Gasteiger partial charge in [0.25, 0.3) is 0 Å². The first kappa shape index (κ1) is 41.0. The maximum absolute atomic E-state index is 14.6. The number of allylic oxidation sites excluding steroid dienone is 2. The van der Waals surface area contributed by atoms with Crippen LogP contribution in [0.3, 0.4) is 0 Å². The lowest BCUT2D eigenvalue weighted by Crippen LogP contribution is -2.57. The highest BCUT2D eigenvalue weighted by Gasteiger charge is 2.58. The van der Waals surface area contributed by atoms with Crippen LogP contribution < -0.4 is 5.32 Å². The summed E-state index contributed by atoms with van der Waals surface area (Å²) in [5.41, 5.74) is -0.110. The van der Waals surface area contributed by atoms with Crippen LogP contribution in [-0.2, 0) is 17.3 Å². The van der Waals surface area contributed by atoms with E-state index >= 15 is 0 Å². The third-order valence-corrected chi connectivity index (χ3v) is 12.2. The topological polar surface area (TPSA) is 112 Å². The molecule has 3 N–H and O–H groups in total. The maximum atomic E-state index is 14.6. The van der Waals surface area contributed by atoms with Crippen LogP contribution in [0.5, 0.6) is 0 Å². The number of ketones is 1. The standard InChI is InChI=1S/C43H52ClF3N2O6/c1-26(2)48-40(52)49(24-31-8-6-20-54-31)25-42(53)19-17-35-32-13-10-28(21-30(50)12-9-27(3)7-5-18-41(35,42)4)22-33(32)39(51)38-16-15-37(55-38)34-23-29(43(45,46)47)11-14-36(34)44/h7,10-11,13-16,22-23,26,30-31,35,50,53H,5-6,8-9,12,17-21,24-25H2,1-4H3,(H,48,52)/t30-,31+,35-,41-,42+/m0/s1. The third-order valence-electron chi connectivity index (χ3n) is 11.9. The van der Waals surface area contributed by atoms with Crippen LogP contribution in [0, 0.1) is 5.41 Å². The van der Waals surface area contributed by atoms with Crippen molar-refractivity contribution in [1.82, 2.24) is 10.2 Å². The Morgan fingerprint density at radius 1 is 1.07 bits per heavy atom. The Labute approximate surface area is 326 Å². The zero-order valence-electron chi connectivity index (χ0n) is 32.0.